The van der Waals surface area contributed by atoms with Crippen LogP contribution in [0.4, 0.5) is 0 Å². The molecule has 8 heteroatoms. The maximum atomic E-state index is 12.6. The number of nitrogens with one attached hydrogen (secondary N) is 1. The Labute approximate surface area is 174 Å². The molecule has 1 atom stereocenters. The summed E-state index contributed by atoms with van der Waals surface area (Å²) in [7, 11) is 0. The van der Waals surface area contributed by atoms with Crippen molar-refractivity contribution in [3.8, 4) is 6.07 Å². The van der Waals surface area contributed by atoms with Crippen LogP contribution in [-0.4, -0.2) is 33.8 Å². The predicted molar refractivity (Wildman–Crippen MR) is 107 cm³/mol. The molecule has 1 aliphatic rings. The lowest BCUT2D eigenvalue weighted by Crippen LogP contribution is -2.48. The molecule has 1 aliphatic carbocycles. The molecule has 3 rings (SSSR count). The van der Waals surface area contributed by atoms with Crippen LogP contribution < -0.4 is 5.32 Å². The zero-order valence-electron chi connectivity index (χ0n) is 16.7. The molecule has 1 fully saturated rings. The highest BCUT2D eigenvalue weighted by Crippen LogP contribution is 2.39. The average molecular weight is 415 g/mol. The van der Waals surface area contributed by atoms with Gasteiger partial charge in [-0.1, -0.05) is 29.8 Å². The van der Waals surface area contributed by atoms with Crippen LogP contribution in [0.5, 0.6) is 0 Å². The molecule has 1 amide bonds. The molecule has 0 aliphatic heterocycles. The van der Waals surface area contributed by atoms with Gasteiger partial charge in [-0.3, -0.25) is 9.48 Å². The first-order valence-electron chi connectivity index (χ1n) is 9.42. The topological polar surface area (TPSA) is 97.0 Å². The molecule has 1 aromatic carbocycles. The minimum Gasteiger partial charge on any atom is -0.452 e. The first-order chi connectivity index (χ1) is 13.7. The number of carbonyl (C=O) groups is 2. The van der Waals surface area contributed by atoms with Gasteiger partial charge in [-0.05, 0) is 51.2 Å². The molecule has 1 aromatic heterocycles. The maximum Gasteiger partial charge on any atom is 0.342 e. The molecule has 29 heavy (non-hydrogen) atoms. The summed E-state index contributed by atoms with van der Waals surface area (Å²) in [6.45, 7) is 5.15. The van der Waals surface area contributed by atoms with Crippen LogP contribution in [0, 0.1) is 31.1 Å². The lowest BCUT2D eigenvalue weighted by atomic mass is 9.98. The Morgan fingerprint density at radius 2 is 2.07 bits per heavy atom. The second kappa shape index (κ2) is 8.26. The van der Waals surface area contributed by atoms with Gasteiger partial charge in [-0.15, -0.1) is 0 Å². The number of ether oxygens (including phenoxy) is 1. The molecule has 0 saturated heterocycles. The van der Waals surface area contributed by atoms with Gasteiger partial charge in [0, 0.05) is 5.02 Å². The van der Waals surface area contributed by atoms with E-state index >= 15 is 0 Å². The summed E-state index contributed by atoms with van der Waals surface area (Å²) in [5.74, 6) is -0.960. The number of hydrogen-bond donors (Lipinski definition) is 1. The van der Waals surface area contributed by atoms with E-state index in [9.17, 15) is 14.9 Å². The van der Waals surface area contributed by atoms with Crippen LogP contribution in [0.25, 0.3) is 0 Å². The SMILES string of the molecule is Cc1nn(Cc2ccccc2Cl)c(C)c1C(=O)OCC(=O)N[C@@](C)(C#N)C1CC1. The van der Waals surface area contributed by atoms with Gasteiger partial charge in [0.05, 0.1) is 24.0 Å². The minimum atomic E-state index is -0.921. The van der Waals surface area contributed by atoms with Crippen LogP contribution in [0.15, 0.2) is 24.3 Å². The average Bonchev–Trinajstić information content (AvgIpc) is 3.49. The molecule has 152 valence electrons. The zero-order chi connectivity index (χ0) is 21.2. The van der Waals surface area contributed by atoms with Crippen molar-refractivity contribution in [3.05, 3.63) is 51.8 Å². The van der Waals surface area contributed by atoms with Crippen molar-refractivity contribution < 1.29 is 14.3 Å². The van der Waals surface area contributed by atoms with Gasteiger partial charge in [0.15, 0.2) is 6.61 Å². The third-order valence-corrected chi connectivity index (χ3v) is 5.59. The van der Waals surface area contributed by atoms with E-state index in [2.05, 4.69) is 16.5 Å². The zero-order valence-corrected chi connectivity index (χ0v) is 17.4. The second-order valence-corrected chi connectivity index (χ2v) is 7.91. The number of amides is 1. The van der Waals surface area contributed by atoms with Crippen molar-refractivity contribution in [2.24, 2.45) is 5.92 Å². The summed E-state index contributed by atoms with van der Waals surface area (Å²) in [4.78, 5) is 24.7. The number of esters is 1. The number of carbonyl (C=O) groups excluding carboxylic acids is 2. The smallest absolute Gasteiger partial charge is 0.342 e. The fourth-order valence-electron chi connectivity index (χ4n) is 3.35. The largest absolute Gasteiger partial charge is 0.452 e. The van der Waals surface area contributed by atoms with Crippen molar-refractivity contribution in [1.82, 2.24) is 15.1 Å². The van der Waals surface area contributed by atoms with Crippen LogP contribution >= 0.6 is 11.6 Å². The summed E-state index contributed by atoms with van der Waals surface area (Å²) >= 11 is 6.21. The molecule has 7 nitrogen and oxygen atoms in total. The van der Waals surface area contributed by atoms with Gasteiger partial charge < -0.3 is 10.1 Å². The van der Waals surface area contributed by atoms with E-state index in [0.29, 0.717) is 28.5 Å². The van der Waals surface area contributed by atoms with E-state index in [1.807, 2.05) is 18.2 Å². The molecular weight excluding hydrogens is 392 g/mol. The van der Waals surface area contributed by atoms with Crippen LogP contribution in [0.1, 0.15) is 47.1 Å². The number of nitrogens with zero attached hydrogens (tertiary/aromatic N) is 3. The quantitative estimate of drug-likeness (QED) is 0.702. The third kappa shape index (κ3) is 4.60. The Bertz CT molecular complexity index is 990. The Morgan fingerprint density at radius 1 is 1.38 bits per heavy atom. The Hall–Kier alpha value is -2.85. The Morgan fingerprint density at radius 3 is 2.69 bits per heavy atom. The number of aromatic nitrogens is 2. The molecule has 2 aromatic rings. The summed E-state index contributed by atoms with van der Waals surface area (Å²) < 4.78 is 6.88. The van der Waals surface area contributed by atoms with Gasteiger partial charge in [0.25, 0.3) is 5.91 Å². The van der Waals surface area contributed by atoms with Gasteiger partial charge in [-0.2, -0.15) is 10.4 Å². The lowest BCUT2D eigenvalue weighted by Gasteiger charge is -2.22. The van der Waals surface area contributed by atoms with Crippen molar-refractivity contribution >= 4 is 23.5 Å². The fraction of sp³-hybridized carbons (Fsp3) is 0.429. The molecule has 1 saturated carbocycles. The summed E-state index contributed by atoms with van der Waals surface area (Å²) in [5.41, 5.74) is 1.44. The number of benzene rings is 1. The monoisotopic (exact) mass is 414 g/mol. The van der Waals surface area contributed by atoms with E-state index in [1.54, 1.807) is 31.5 Å². The molecule has 0 radical (unpaired) electrons. The molecular formula is C21H23ClN4O3. The molecule has 0 spiro atoms. The highest BCUT2D eigenvalue weighted by molar-refractivity contribution is 6.31. The van der Waals surface area contributed by atoms with E-state index < -0.39 is 24.0 Å². The number of aryl methyl sites for hydroxylation is 1. The molecule has 0 bridgehead atoms. The Balaban J connectivity index is 1.65. The maximum absolute atomic E-state index is 12.6. The Kier molecular flexibility index (Phi) is 5.94. The summed E-state index contributed by atoms with van der Waals surface area (Å²) in [6.07, 6.45) is 1.82. The van der Waals surface area contributed by atoms with E-state index in [1.165, 1.54) is 0 Å². The van der Waals surface area contributed by atoms with Gasteiger partial charge in [-0.25, -0.2) is 4.79 Å². The van der Waals surface area contributed by atoms with Gasteiger partial charge in [0.1, 0.15) is 11.1 Å². The van der Waals surface area contributed by atoms with Gasteiger partial charge >= 0.3 is 5.97 Å². The first kappa shape index (κ1) is 20.9. The van der Waals surface area contributed by atoms with E-state index in [0.717, 1.165) is 18.4 Å². The van der Waals surface area contributed by atoms with Crippen molar-refractivity contribution in [3.63, 3.8) is 0 Å². The lowest BCUT2D eigenvalue weighted by molar-refractivity contribution is -0.125. The fourth-order valence-corrected chi connectivity index (χ4v) is 3.54. The summed E-state index contributed by atoms with van der Waals surface area (Å²) in [5, 5.41) is 17.0. The van der Waals surface area contributed by atoms with Crippen molar-refractivity contribution in [2.75, 3.05) is 6.61 Å². The standard InChI is InChI=1S/C21H23ClN4O3/c1-13-19(14(2)26(25-13)10-15-6-4-5-7-17(15)22)20(28)29-11-18(27)24-21(3,12-23)16-8-9-16/h4-7,16H,8-11H2,1-3H3,(H,24,27)/t21-/m0/s1. The van der Waals surface area contributed by atoms with E-state index in [4.69, 9.17) is 16.3 Å². The molecule has 1 N–H and O–H groups in total. The second-order valence-electron chi connectivity index (χ2n) is 7.51. The summed E-state index contributed by atoms with van der Waals surface area (Å²) in [6, 6.07) is 9.57. The number of nitriles is 1. The van der Waals surface area contributed by atoms with Crippen molar-refractivity contribution in [1.29, 1.82) is 5.26 Å². The van der Waals surface area contributed by atoms with E-state index in [-0.39, 0.29) is 5.92 Å². The third-order valence-electron chi connectivity index (χ3n) is 5.22. The van der Waals surface area contributed by atoms with Gasteiger partial charge in [0.2, 0.25) is 0 Å². The van der Waals surface area contributed by atoms with Crippen LogP contribution in [0.2, 0.25) is 5.02 Å². The molecule has 0 unspecified atom stereocenters. The van der Waals surface area contributed by atoms with Crippen molar-refractivity contribution in [2.45, 2.75) is 45.7 Å². The number of halogens is 1. The molecule has 1 heterocycles. The van der Waals surface area contributed by atoms with Crippen LogP contribution in [-0.2, 0) is 16.1 Å². The highest BCUT2D eigenvalue weighted by Gasteiger charge is 2.43. The number of hydrogen-bond acceptors (Lipinski definition) is 5. The predicted octanol–water partition coefficient (Wildman–Crippen LogP) is 3.17. The van der Waals surface area contributed by atoms with Crippen LogP contribution in [0.3, 0.4) is 0 Å². The first-order valence-corrected chi connectivity index (χ1v) is 9.79. The normalized spacial score (nSPS) is 15.3. The highest BCUT2D eigenvalue weighted by atomic mass is 35.5. The minimum absolute atomic E-state index is 0.152. The number of rotatable bonds is 7.